The molecule has 0 spiro atoms. The van der Waals surface area contributed by atoms with E-state index in [-0.39, 0.29) is 6.61 Å². The van der Waals surface area contributed by atoms with Crippen LogP contribution in [0.5, 0.6) is 11.5 Å². The number of ether oxygens (including phenoxy) is 2. The first-order valence-electron chi connectivity index (χ1n) is 11.2. The molecule has 36 heavy (non-hydrogen) atoms. The fraction of sp³-hybridized carbons (Fsp3) is 0.240. The number of rotatable bonds is 12. The summed E-state index contributed by atoms with van der Waals surface area (Å²) in [5.74, 6) is 1.53. The summed E-state index contributed by atoms with van der Waals surface area (Å²) in [7, 11) is 1.57. The molecule has 1 aromatic heterocycles. The Morgan fingerprint density at radius 2 is 1.92 bits per heavy atom. The van der Waals surface area contributed by atoms with Gasteiger partial charge in [0.25, 0.3) is 0 Å². The second-order valence-corrected chi connectivity index (χ2v) is 9.96. The van der Waals surface area contributed by atoms with Gasteiger partial charge >= 0.3 is 0 Å². The Bertz CT molecular complexity index is 1270. The van der Waals surface area contributed by atoms with Crippen LogP contribution in [0.25, 0.3) is 5.69 Å². The van der Waals surface area contributed by atoms with Gasteiger partial charge in [0.1, 0.15) is 12.4 Å². The molecule has 0 bridgehead atoms. The van der Waals surface area contributed by atoms with Gasteiger partial charge in [-0.2, -0.15) is 4.68 Å². The lowest BCUT2D eigenvalue weighted by molar-refractivity contribution is 0.276. The molecule has 1 heterocycles. The maximum absolute atomic E-state index is 14.2. The Hall–Kier alpha value is -2.66. The van der Waals surface area contributed by atoms with Crippen LogP contribution < -0.4 is 14.8 Å². The number of methoxy groups -OCH3 is 1. The van der Waals surface area contributed by atoms with Crippen LogP contribution in [0, 0.1) is 5.82 Å². The lowest BCUT2D eigenvalue weighted by Gasteiger charge is -2.18. The number of thioether (sulfide) groups is 1. The van der Waals surface area contributed by atoms with Crippen LogP contribution in [0.3, 0.4) is 0 Å². The van der Waals surface area contributed by atoms with Crippen LogP contribution in [0.15, 0.2) is 70.3 Å². The lowest BCUT2D eigenvalue weighted by atomic mass is 10.1. The molecule has 3 aromatic carbocycles. The van der Waals surface area contributed by atoms with E-state index in [0.29, 0.717) is 28.6 Å². The number of hydrogen-bond acceptors (Lipinski definition) is 7. The minimum Gasteiger partial charge on any atom is -0.493 e. The Morgan fingerprint density at radius 1 is 1.08 bits per heavy atom. The van der Waals surface area contributed by atoms with Gasteiger partial charge in [0, 0.05) is 27.9 Å². The third-order valence-electron chi connectivity index (χ3n) is 5.28. The summed E-state index contributed by atoms with van der Waals surface area (Å²) < 4.78 is 28.3. The van der Waals surface area contributed by atoms with E-state index in [4.69, 9.17) is 21.1 Å². The molecule has 0 saturated heterocycles. The molecule has 0 aliphatic rings. The summed E-state index contributed by atoms with van der Waals surface area (Å²) in [5.41, 5.74) is 2.10. The predicted molar refractivity (Wildman–Crippen MR) is 143 cm³/mol. The van der Waals surface area contributed by atoms with Crippen LogP contribution in [-0.4, -0.2) is 39.6 Å². The Balaban J connectivity index is 1.33. The van der Waals surface area contributed by atoms with Crippen LogP contribution in [0.4, 0.5) is 4.39 Å². The SMILES string of the molecule is COc1ccc(Br)c(CNCCCSc2nnnn2-c2ccccc2)c1OCc1c(F)cccc1Cl. The van der Waals surface area contributed by atoms with E-state index >= 15 is 0 Å². The van der Waals surface area contributed by atoms with Crippen LogP contribution >= 0.6 is 39.3 Å². The Labute approximate surface area is 226 Å². The third kappa shape index (κ3) is 6.56. The lowest BCUT2D eigenvalue weighted by Crippen LogP contribution is -2.17. The minimum absolute atomic E-state index is 0.0158. The monoisotopic (exact) mass is 591 g/mol. The molecule has 0 fully saturated rings. The van der Waals surface area contributed by atoms with E-state index in [1.807, 2.05) is 36.4 Å². The van der Waals surface area contributed by atoms with Gasteiger partial charge in [0.05, 0.1) is 17.8 Å². The molecule has 0 atom stereocenters. The highest BCUT2D eigenvalue weighted by molar-refractivity contribution is 9.10. The molecule has 0 amide bonds. The maximum Gasteiger partial charge on any atom is 0.214 e. The fourth-order valence-electron chi connectivity index (χ4n) is 3.45. The second kappa shape index (κ2) is 13.0. The van der Waals surface area contributed by atoms with E-state index in [9.17, 15) is 4.39 Å². The average molecular weight is 593 g/mol. The number of aromatic nitrogens is 4. The first-order valence-corrected chi connectivity index (χ1v) is 13.3. The highest BCUT2D eigenvalue weighted by Gasteiger charge is 2.17. The van der Waals surface area contributed by atoms with Crippen molar-refractivity contribution in [1.82, 2.24) is 25.5 Å². The van der Waals surface area contributed by atoms with Crippen LogP contribution in [0.1, 0.15) is 17.5 Å². The van der Waals surface area contributed by atoms with E-state index < -0.39 is 5.82 Å². The first kappa shape index (κ1) is 26.4. The number of nitrogens with zero attached hydrogens (tertiary/aromatic N) is 4. The van der Waals surface area contributed by atoms with Crippen molar-refractivity contribution >= 4 is 39.3 Å². The summed E-state index contributed by atoms with van der Waals surface area (Å²) in [6.07, 6.45) is 0.898. The number of benzene rings is 3. The van der Waals surface area contributed by atoms with Gasteiger partial charge in [-0.15, -0.1) is 5.10 Å². The number of para-hydroxylation sites is 1. The van der Waals surface area contributed by atoms with Gasteiger partial charge in [-0.1, -0.05) is 63.6 Å². The highest BCUT2D eigenvalue weighted by atomic mass is 79.9. The van der Waals surface area contributed by atoms with E-state index in [0.717, 1.165) is 39.6 Å². The number of halogens is 3. The number of hydrogen-bond donors (Lipinski definition) is 1. The smallest absolute Gasteiger partial charge is 0.214 e. The molecule has 0 saturated carbocycles. The van der Waals surface area contributed by atoms with Crippen molar-refractivity contribution in [3.8, 4) is 17.2 Å². The molecule has 1 N–H and O–H groups in total. The summed E-state index contributed by atoms with van der Waals surface area (Å²) in [4.78, 5) is 0. The second-order valence-electron chi connectivity index (χ2n) is 7.63. The summed E-state index contributed by atoms with van der Waals surface area (Å²) >= 11 is 11.4. The van der Waals surface area contributed by atoms with Gasteiger partial charge in [-0.05, 0) is 59.8 Å². The van der Waals surface area contributed by atoms with E-state index in [2.05, 4.69) is 36.8 Å². The quantitative estimate of drug-likeness (QED) is 0.158. The molecule has 4 aromatic rings. The third-order valence-corrected chi connectivity index (χ3v) is 7.38. The minimum atomic E-state index is -0.410. The predicted octanol–water partition coefficient (Wildman–Crippen LogP) is 6.08. The van der Waals surface area contributed by atoms with Crippen molar-refractivity contribution < 1.29 is 13.9 Å². The van der Waals surface area contributed by atoms with Crippen LogP contribution in [0.2, 0.25) is 5.02 Å². The molecule has 0 radical (unpaired) electrons. The van der Waals surface area contributed by atoms with Crippen molar-refractivity contribution in [2.75, 3.05) is 19.4 Å². The molecule has 188 valence electrons. The van der Waals surface area contributed by atoms with Gasteiger partial charge in [-0.25, -0.2) is 4.39 Å². The van der Waals surface area contributed by atoms with Gasteiger partial charge in [0.2, 0.25) is 5.16 Å². The molecular weight excluding hydrogens is 569 g/mol. The molecule has 0 aliphatic heterocycles. The van der Waals surface area contributed by atoms with Crippen molar-refractivity contribution in [2.24, 2.45) is 0 Å². The van der Waals surface area contributed by atoms with Crippen molar-refractivity contribution in [2.45, 2.75) is 24.7 Å². The van der Waals surface area contributed by atoms with Gasteiger partial charge in [-0.3, -0.25) is 0 Å². The molecule has 7 nitrogen and oxygen atoms in total. The fourth-order valence-corrected chi connectivity index (χ4v) is 4.95. The molecule has 0 unspecified atom stereocenters. The number of tetrazole rings is 1. The molecule has 0 aliphatic carbocycles. The summed E-state index contributed by atoms with van der Waals surface area (Å²) in [6, 6.07) is 18.1. The number of nitrogens with one attached hydrogen (secondary N) is 1. The standard InChI is InChI=1S/C25H24BrClFN5O2S/c1-34-23-12-11-20(26)18(24(23)35-16-19-21(27)9-5-10-22(19)28)15-29-13-6-14-36-25-30-31-32-33(25)17-7-3-2-4-8-17/h2-5,7-12,29H,6,13-16H2,1H3. The zero-order valence-electron chi connectivity index (χ0n) is 19.5. The maximum atomic E-state index is 14.2. The summed E-state index contributed by atoms with van der Waals surface area (Å²) in [6.45, 7) is 1.28. The largest absolute Gasteiger partial charge is 0.493 e. The van der Waals surface area contributed by atoms with Crippen molar-refractivity contribution in [1.29, 1.82) is 0 Å². The summed E-state index contributed by atoms with van der Waals surface area (Å²) in [5, 5.41) is 16.5. The first-order chi connectivity index (χ1) is 17.6. The highest BCUT2D eigenvalue weighted by Crippen LogP contribution is 2.37. The average Bonchev–Trinajstić information content (AvgIpc) is 3.36. The van der Waals surface area contributed by atoms with Crippen LogP contribution in [-0.2, 0) is 13.2 Å². The van der Waals surface area contributed by atoms with Crippen molar-refractivity contribution in [3.05, 3.63) is 87.1 Å². The molecule has 4 rings (SSSR count). The zero-order chi connectivity index (χ0) is 25.3. The van der Waals surface area contributed by atoms with Gasteiger partial charge in [0.15, 0.2) is 11.5 Å². The molecule has 11 heteroatoms. The topological polar surface area (TPSA) is 74.1 Å². The normalized spacial score (nSPS) is 11.0. The van der Waals surface area contributed by atoms with Gasteiger partial charge < -0.3 is 14.8 Å². The Kier molecular flexibility index (Phi) is 9.57. The Morgan fingerprint density at radius 3 is 2.69 bits per heavy atom. The van der Waals surface area contributed by atoms with E-state index in [1.54, 1.807) is 41.8 Å². The molecular formula is C25H24BrClFN5O2S. The zero-order valence-corrected chi connectivity index (χ0v) is 22.6. The van der Waals surface area contributed by atoms with Crippen molar-refractivity contribution in [3.63, 3.8) is 0 Å². The van der Waals surface area contributed by atoms with E-state index in [1.165, 1.54) is 6.07 Å².